The molecule has 6 heteroatoms. The molecule has 0 atom stereocenters. The summed E-state index contributed by atoms with van der Waals surface area (Å²) in [6, 6.07) is 0. The van der Waals surface area contributed by atoms with E-state index in [4.69, 9.17) is 0 Å². The highest BCUT2D eigenvalue weighted by Crippen LogP contribution is 2.22. The summed E-state index contributed by atoms with van der Waals surface area (Å²) < 4.78 is 62.7. The first-order valence-electron chi connectivity index (χ1n) is 3.44. The number of hydrogen-bond acceptors (Lipinski definition) is 1. The number of hydrogen-bond donors (Lipinski definition) is 0. The Balaban J connectivity index is 3.50. The fourth-order valence-corrected chi connectivity index (χ4v) is 0.913. The molecule has 0 amide bonds. The average molecular weight is 210 g/mol. The third-order valence-corrected chi connectivity index (χ3v) is 1.59. The largest absolute Gasteiger partial charge is 0.303 e. The molecule has 0 aliphatic rings. The Morgan fingerprint density at radius 3 is 1.50 bits per heavy atom. The van der Waals surface area contributed by atoms with Gasteiger partial charge in [0.15, 0.2) is 23.3 Å². The Morgan fingerprint density at radius 2 is 1.14 bits per heavy atom. The van der Waals surface area contributed by atoms with Crippen LogP contribution in [0.15, 0.2) is 0 Å². The molecule has 14 heavy (non-hydrogen) atoms. The SMILES string of the molecule is O=CCc1c(F)c(F)c(F)c(F)c1F. The summed E-state index contributed by atoms with van der Waals surface area (Å²) >= 11 is 0. The summed E-state index contributed by atoms with van der Waals surface area (Å²) in [5, 5.41) is 0. The van der Waals surface area contributed by atoms with Crippen molar-refractivity contribution in [2.24, 2.45) is 0 Å². The second kappa shape index (κ2) is 3.73. The Morgan fingerprint density at radius 1 is 0.786 bits per heavy atom. The second-order valence-corrected chi connectivity index (χ2v) is 2.42. The Hall–Kier alpha value is -1.46. The Bertz CT molecular complexity index is 359. The van der Waals surface area contributed by atoms with Crippen LogP contribution in [0.4, 0.5) is 22.0 Å². The summed E-state index contributed by atoms with van der Waals surface area (Å²) in [5.41, 5.74) is -1.11. The third-order valence-electron chi connectivity index (χ3n) is 1.59. The quantitative estimate of drug-likeness (QED) is 0.316. The molecule has 1 nitrogen and oxygen atoms in total. The number of aldehydes is 1. The number of benzene rings is 1. The second-order valence-electron chi connectivity index (χ2n) is 2.42. The van der Waals surface area contributed by atoms with Crippen LogP contribution >= 0.6 is 0 Å². The highest BCUT2D eigenvalue weighted by Gasteiger charge is 2.24. The molecule has 0 aliphatic carbocycles. The molecule has 1 rings (SSSR count). The van der Waals surface area contributed by atoms with E-state index in [0.29, 0.717) is 0 Å². The van der Waals surface area contributed by atoms with Crippen LogP contribution in [0.3, 0.4) is 0 Å². The van der Waals surface area contributed by atoms with Gasteiger partial charge in [-0.25, -0.2) is 22.0 Å². The molecule has 0 aliphatic heterocycles. The van der Waals surface area contributed by atoms with Gasteiger partial charge in [0.05, 0.1) is 0 Å². The maximum Gasteiger partial charge on any atom is 0.200 e. The first kappa shape index (κ1) is 10.6. The van der Waals surface area contributed by atoms with Crippen molar-refractivity contribution >= 4 is 6.29 Å². The molecule has 0 bridgehead atoms. The van der Waals surface area contributed by atoms with Gasteiger partial charge < -0.3 is 4.79 Å². The summed E-state index contributed by atoms with van der Waals surface area (Å²) in [6.45, 7) is 0. The van der Waals surface area contributed by atoms with Crippen molar-refractivity contribution in [3.63, 3.8) is 0 Å². The van der Waals surface area contributed by atoms with Gasteiger partial charge in [0.25, 0.3) is 0 Å². The van der Waals surface area contributed by atoms with E-state index in [-0.39, 0.29) is 6.29 Å². The van der Waals surface area contributed by atoms with E-state index in [1.54, 1.807) is 0 Å². The van der Waals surface area contributed by atoms with Gasteiger partial charge in [-0.15, -0.1) is 0 Å². The van der Waals surface area contributed by atoms with Crippen LogP contribution in [-0.4, -0.2) is 6.29 Å². The van der Waals surface area contributed by atoms with E-state index >= 15 is 0 Å². The van der Waals surface area contributed by atoms with Crippen LogP contribution in [0.1, 0.15) is 5.56 Å². The number of carbonyl (C=O) groups excluding carboxylic acids is 1. The molecule has 1 aromatic carbocycles. The third kappa shape index (κ3) is 1.47. The van der Waals surface area contributed by atoms with E-state index in [1.165, 1.54) is 0 Å². The number of halogens is 5. The van der Waals surface area contributed by atoms with Gasteiger partial charge in [0, 0.05) is 12.0 Å². The Kier molecular flexibility index (Phi) is 2.83. The lowest BCUT2D eigenvalue weighted by atomic mass is 10.1. The van der Waals surface area contributed by atoms with Crippen LogP contribution in [0.5, 0.6) is 0 Å². The molecule has 0 radical (unpaired) electrons. The van der Waals surface area contributed by atoms with Crippen molar-refractivity contribution in [2.75, 3.05) is 0 Å². The van der Waals surface area contributed by atoms with Gasteiger partial charge in [0.1, 0.15) is 6.29 Å². The highest BCUT2D eigenvalue weighted by atomic mass is 19.2. The van der Waals surface area contributed by atoms with Gasteiger partial charge in [-0.05, 0) is 0 Å². The zero-order valence-corrected chi connectivity index (χ0v) is 6.58. The molecule has 0 saturated heterocycles. The lowest BCUT2D eigenvalue weighted by molar-refractivity contribution is -0.107. The normalized spacial score (nSPS) is 10.4. The molecule has 0 saturated carbocycles. The van der Waals surface area contributed by atoms with Crippen LogP contribution in [0, 0.1) is 29.1 Å². The van der Waals surface area contributed by atoms with Gasteiger partial charge in [-0.2, -0.15) is 0 Å². The van der Waals surface area contributed by atoms with Gasteiger partial charge in [-0.3, -0.25) is 0 Å². The van der Waals surface area contributed by atoms with Crippen molar-refractivity contribution in [3.8, 4) is 0 Å². The van der Waals surface area contributed by atoms with E-state index < -0.39 is 41.1 Å². The fraction of sp³-hybridized carbons (Fsp3) is 0.125. The smallest absolute Gasteiger partial charge is 0.200 e. The minimum Gasteiger partial charge on any atom is -0.303 e. The van der Waals surface area contributed by atoms with Gasteiger partial charge in [0.2, 0.25) is 5.82 Å². The minimum atomic E-state index is -2.23. The van der Waals surface area contributed by atoms with Crippen molar-refractivity contribution in [2.45, 2.75) is 6.42 Å². The molecule has 1 aromatic rings. The molecule has 0 heterocycles. The van der Waals surface area contributed by atoms with Crippen LogP contribution in [-0.2, 0) is 11.2 Å². The van der Waals surface area contributed by atoms with Crippen LogP contribution < -0.4 is 0 Å². The monoisotopic (exact) mass is 210 g/mol. The molecular weight excluding hydrogens is 207 g/mol. The van der Waals surface area contributed by atoms with Crippen LogP contribution in [0.2, 0.25) is 0 Å². The Labute approximate surface area is 75.2 Å². The summed E-state index contributed by atoms with van der Waals surface area (Å²) in [7, 11) is 0. The predicted octanol–water partition coefficient (Wildman–Crippen LogP) is 2.12. The first-order valence-corrected chi connectivity index (χ1v) is 3.44. The lowest BCUT2D eigenvalue weighted by Gasteiger charge is -2.04. The predicted molar refractivity (Wildman–Crippen MR) is 36.0 cm³/mol. The molecule has 76 valence electrons. The standard InChI is InChI=1S/C8H3F5O/c9-4-3(1-2-14)5(10)7(12)8(13)6(4)11/h2H,1H2. The maximum absolute atomic E-state index is 12.7. The van der Waals surface area contributed by atoms with Gasteiger partial charge in [-0.1, -0.05) is 0 Å². The summed E-state index contributed by atoms with van der Waals surface area (Å²) in [6.07, 6.45) is -0.802. The zero-order valence-electron chi connectivity index (χ0n) is 6.58. The summed E-state index contributed by atoms with van der Waals surface area (Å²) in [5.74, 6) is -10.2. The number of rotatable bonds is 2. The van der Waals surface area contributed by atoms with Crippen LogP contribution in [0.25, 0.3) is 0 Å². The molecule has 0 unspecified atom stereocenters. The topological polar surface area (TPSA) is 17.1 Å². The van der Waals surface area contributed by atoms with Crippen molar-refractivity contribution in [1.82, 2.24) is 0 Å². The maximum atomic E-state index is 12.7. The molecule has 0 fully saturated rings. The first-order chi connectivity index (χ1) is 6.50. The minimum absolute atomic E-state index is 0.0538. The van der Waals surface area contributed by atoms with Crippen molar-refractivity contribution in [3.05, 3.63) is 34.6 Å². The zero-order chi connectivity index (χ0) is 10.9. The summed E-state index contributed by atoms with van der Waals surface area (Å²) in [4.78, 5) is 9.91. The fourth-order valence-electron chi connectivity index (χ4n) is 0.913. The van der Waals surface area contributed by atoms with E-state index in [2.05, 4.69) is 0 Å². The molecule has 0 aromatic heterocycles. The van der Waals surface area contributed by atoms with Crippen molar-refractivity contribution in [1.29, 1.82) is 0 Å². The van der Waals surface area contributed by atoms with E-state index in [1.807, 2.05) is 0 Å². The molecular formula is C8H3F5O. The van der Waals surface area contributed by atoms with Crippen molar-refractivity contribution < 1.29 is 26.7 Å². The number of carbonyl (C=O) groups is 1. The van der Waals surface area contributed by atoms with E-state index in [9.17, 15) is 26.7 Å². The lowest BCUT2D eigenvalue weighted by Crippen LogP contribution is -2.07. The van der Waals surface area contributed by atoms with E-state index in [0.717, 1.165) is 0 Å². The molecule has 0 spiro atoms. The molecule has 0 N–H and O–H groups in total. The van der Waals surface area contributed by atoms with Gasteiger partial charge >= 0.3 is 0 Å². The average Bonchev–Trinajstić information content (AvgIpc) is 2.19. The highest BCUT2D eigenvalue weighted by molar-refractivity contribution is 5.55.